The highest BCUT2D eigenvalue weighted by atomic mass is 79.9. The molecule has 0 saturated carbocycles. The molecule has 1 atom stereocenters. The molecule has 1 N–H and O–H groups in total. The molecule has 4 nitrogen and oxygen atoms in total. The highest BCUT2D eigenvalue weighted by molar-refractivity contribution is 9.10. The molecule has 2 aromatic rings. The Morgan fingerprint density at radius 2 is 1.92 bits per heavy atom. The van der Waals surface area contributed by atoms with Crippen molar-refractivity contribution in [3.63, 3.8) is 0 Å². The zero-order valence-electron chi connectivity index (χ0n) is 14.3. The van der Waals surface area contributed by atoms with E-state index in [9.17, 15) is 9.90 Å². The van der Waals surface area contributed by atoms with Crippen LogP contribution < -0.4 is 0 Å². The Balaban J connectivity index is 1.76. The summed E-state index contributed by atoms with van der Waals surface area (Å²) in [5.41, 5.74) is 4.84. The third-order valence-corrected chi connectivity index (χ3v) is 6.20. The van der Waals surface area contributed by atoms with Crippen LogP contribution >= 0.6 is 27.5 Å². The van der Waals surface area contributed by atoms with Gasteiger partial charge >= 0.3 is 5.97 Å². The van der Waals surface area contributed by atoms with Crippen LogP contribution in [0.3, 0.4) is 0 Å². The Bertz CT molecular complexity index is 796. The maximum atomic E-state index is 11.3. The van der Waals surface area contributed by atoms with Crippen LogP contribution in [0.5, 0.6) is 0 Å². The van der Waals surface area contributed by atoms with E-state index < -0.39 is 5.97 Å². The molecule has 6 heteroatoms. The summed E-state index contributed by atoms with van der Waals surface area (Å²) in [5, 5.41) is 10.1. The molecule has 1 aromatic heterocycles. The van der Waals surface area contributed by atoms with Crippen molar-refractivity contribution in [3.05, 3.63) is 62.3 Å². The number of pyridine rings is 1. The van der Waals surface area contributed by atoms with Gasteiger partial charge in [-0.05, 0) is 89.6 Å². The van der Waals surface area contributed by atoms with Gasteiger partial charge in [0.2, 0.25) is 0 Å². The fourth-order valence-electron chi connectivity index (χ4n) is 4.19. The summed E-state index contributed by atoms with van der Waals surface area (Å²) >= 11 is 9.79. The third kappa shape index (κ3) is 3.40. The fourth-order valence-corrected chi connectivity index (χ4v) is 4.76. The van der Waals surface area contributed by atoms with Crippen molar-refractivity contribution >= 4 is 33.5 Å². The number of benzene rings is 1. The van der Waals surface area contributed by atoms with Crippen molar-refractivity contribution in [3.8, 4) is 0 Å². The number of carboxylic acids is 1. The lowest BCUT2D eigenvalue weighted by molar-refractivity contribution is -0.143. The topological polar surface area (TPSA) is 53.4 Å². The van der Waals surface area contributed by atoms with E-state index in [4.69, 9.17) is 16.6 Å². The van der Waals surface area contributed by atoms with Crippen molar-refractivity contribution < 1.29 is 9.90 Å². The molecule has 1 aromatic carbocycles. The molecular formula is C20H20BrClN2O2. The number of aromatic nitrogens is 1. The van der Waals surface area contributed by atoms with Gasteiger partial charge in [0.05, 0.1) is 17.7 Å². The van der Waals surface area contributed by atoms with Gasteiger partial charge in [-0.25, -0.2) is 0 Å². The average Bonchev–Trinajstić information content (AvgIpc) is 2.78. The first kappa shape index (κ1) is 18.0. The van der Waals surface area contributed by atoms with Gasteiger partial charge in [0.15, 0.2) is 0 Å². The summed E-state index contributed by atoms with van der Waals surface area (Å²) in [4.78, 5) is 18.5. The number of carboxylic acid groups (broad SMARTS) is 1. The molecule has 136 valence electrons. The number of rotatable bonds is 2. The van der Waals surface area contributed by atoms with Gasteiger partial charge < -0.3 is 5.11 Å². The summed E-state index contributed by atoms with van der Waals surface area (Å²) < 4.78 is 0.989. The number of hydrogen-bond acceptors (Lipinski definition) is 3. The predicted molar refractivity (Wildman–Crippen MR) is 105 cm³/mol. The first-order valence-corrected chi connectivity index (χ1v) is 10.1. The monoisotopic (exact) mass is 434 g/mol. The van der Waals surface area contributed by atoms with Crippen LogP contribution in [0.2, 0.25) is 5.02 Å². The van der Waals surface area contributed by atoms with E-state index in [1.165, 1.54) is 16.7 Å². The van der Waals surface area contributed by atoms with Gasteiger partial charge in [0.1, 0.15) is 0 Å². The van der Waals surface area contributed by atoms with Crippen LogP contribution in [0.4, 0.5) is 0 Å². The van der Waals surface area contributed by atoms with E-state index in [1.54, 1.807) is 0 Å². The summed E-state index contributed by atoms with van der Waals surface area (Å²) in [6, 6.07) is 8.34. The molecule has 2 aliphatic rings. The lowest BCUT2D eigenvalue weighted by Gasteiger charge is -2.37. The highest BCUT2D eigenvalue weighted by Gasteiger charge is 2.34. The van der Waals surface area contributed by atoms with Gasteiger partial charge in [-0.15, -0.1) is 0 Å². The average molecular weight is 436 g/mol. The van der Waals surface area contributed by atoms with Gasteiger partial charge in [-0.2, -0.15) is 0 Å². The number of aryl methyl sites for hydroxylation is 2. The predicted octanol–water partition coefficient (Wildman–Crippen LogP) is 4.48. The molecule has 1 aliphatic heterocycles. The molecule has 0 amide bonds. The molecule has 0 bridgehead atoms. The standard InChI is InChI=1S/C20H20BrClN2O2/c21-15-9-14-2-1-13-10-16(22)3-4-17(13)19(18(14)23-11-15)24-7-5-12(6-8-24)20(25)26/h3-4,9-12,19H,1-2,5-8H2,(H,25,26). The van der Waals surface area contributed by atoms with Crippen molar-refractivity contribution in [2.75, 3.05) is 13.1 Å². The second-order valence-electron chi connectivity index (χ2n) is 7.09. The Kier molecular flexibility index (Phi) is 5.04. The SMILES string of the molecule is O=C(O)C1CCN(C2c3ccc(Cl)cc3CCc3cc(Br)cnc32)CC1. The number of carbonyl (C=O) groups is 1. The highest BCUT2D eigenvalue weighted by Crippen LogP contribution is 2.39. The van der Waals surface area contributed by atoms with Crippen LogP contribution in [-0.4, -0.2) is 34.0 Å². The molecule has 0 radical (unpaired) electrons. The summed E-state index contributed by atoms with van der Waals surface area (Å²) in [5.74, 6) is -0.917. The minimum atomic E-state index is -0.680. The lowest BCUT2D eigenvalue weighted by Crippen LogP contribution is -2.39. The number of piperidine rings is 1. The fraction of sp³-hybridized carbons (Fsp3) is 0.400. The molecule has 4 rings (SSSR count). The molecule has 2 heterocycles. The minimum absolute atomic E-state index is 0.0580. The van der Waals surface area contributed by atoms with Crippen molar-refractivity contribution in [2.45, 2.75) is 31.7 Å². The normalized spacial score (nSPS) is 20.9. The molecule has 1 saturated heterocycles. The molecule has 1 unspecified atom stereocenters. The van der Waals surface area contributed by atoms with Gasteiger partial charge in [0.25, 0.3) is 0 Å². The number of aliphatic carboxylic acids is 1. The van der Waals surface area contributed by atoms with Crippen LogP contribution in [0.25, 0.3) is 0 Å². The molecule has 0 spiro atoms. The van der Waals surface area contributed by atoms with Crippen LogP contribution in [0.1, 0.15) is 41.3 Å². The number of hydrogen-bond donors (Lipinski definition) is 1. The van der Waals surface area contributed by atoms with Crippen LogP contribution in [-0.2, 0) is 17.6 Å². The van der Waals surface area contributed by atoms with Crippen molar-refractivity contribution in [2.24, 2.45) is 5.92 Å². The zero-order valence-corrected chi connectivity index (χ0v) is 16.6. The maximum absolute atomic E-state index is 11.3. The molecule has 1 fully saturated rings. The molecule has 26 heavy (non-hydrogen) atoms. The summed E-state index contributed by atoms with van der Waals surface area (Å²) in [6.45, 7) is 1.53. The first-order valence-electron chi connectivity index (χ1n) is 8.92. The number of nitrogens with zero attached hydrogens (tertiary/aromatic N) is 2. The van der Waals surface area contributed by atoms with E-state index >= 15 is 0 Å². The largest absolute Gasteiger partial charge is 0.481 e. The Hall–Kier alpha value is -1.43. The van der Waals surface area contributed by atoms with E-state index in [0.717, 1.165) is 41.1 Å². The molecular weight excluding hydrogens is 416 g/mol. The zero-order chi connectivity index (χ0) is 18.3. The second kappa shape index (κ2) is 7.29. The third-order valence-electron chi connectivity index (χ3n) is 5.53. The van der Waals surface area contributed by atoms with E-state index in [0.29, 0.717) is 12.8 Å². The van der Waals surface area contributed by atoms with E-state index in [-0.39, 0.29) is 12.0 Å². The van der Waals surface area contributed by atoms with Gasteiger partial charge in [-0.1, -0.05) is 17.7 Å². The minimum Gasteiger partial charge on any atom is -0.481 e. The smallest absolute Gasteiger partial charge is 0.306 e. The number of fused-ring (bicyclic) bond motifs is 2. The Labute approximate surface area is 166 Å². The molecule has 1 aliphatic carbocycles. The van der Waals surface area contributed by atoms with Gasteiger partial charge in [0, 0.05) is 15.7 Å². The van der Waals surface area contributed by atoms with E-state index in [2.05, 4.69) is 39.0 Å². The quantitative estimate of drug-likeness (QED) is 0.755. The van der Waals surface area contributed by atoms with E-state index in [1.807, 2.05) is 12.3 Å². The van der Waals surface area contributed by atoms with Crippen LogP contribution in [0, 0.1) is 5.92 Å². The number of likely N-dealkylation sites (tertiary alicyclic amines) is 1. The Morgan fingerprint density at radius 1 is 1.19 bits per heavy atom. The van der Waals surface area contributed by atoms with Gasteiger partial charge in [-0.3, -0.25) is 14.7 Å². The first-order chi connectivity index (χ1) is 12.5. The van der Waals surface area contributed by atoms with Crippen LogP contribution in [0.15, 0.2) is 34.9 Å². The maximum Gasteiger partial charge on any atom is 0.306 e. The van der Waals surface area contributed by atoms with Crippen molar-refractivity contribution in [1.29, 1.82) is 0 Å². The Morgan fingerprint density at radius 3 is 2.65 bits per heavy atom. The summed E-state index contributed by atoms with van der Waals surface area (Å²) in [6.07, 6.45) is 5.08. The van der Waals surface area contributed by atoms with Crippen molar-refractivity contribution in [1.82, 2.24) is 9.88 Å². The lowest BCUT2D eigenvalue weighted by atomic mass is 9.91. The summed E-state index contributed by atoms with van der Waals surface area (Å²) in [7, 11) is 0. The second-order valence-corrected chi connectivity index (χ2v) is 8.44. The number of halogens is 2.